The topological polar surface area (TPSA) is 81.6 Å². The van der Waals surface area contributed by atoms with Crippen molar-refractivity contribution in [3.63, 3.8) is 0 Å². The predicted molar refractivity (Wildman–Crippen MR) is 81.6 cm³/mol. The standard InChI is InChI=1S/C14H19N3O2S/c15-13(18)11-4-5-17(9-11)6-7-19-12-3-1-2-10(8-12)14(16)20/h1-3,8,11H,4-7,9H2,(H2,15,18)(H2,16,20). The molecule has 5 nitrogen and oxygen atoms in total. The molecule has 0 aliphatic carbocycles. The number of thiocarbonyl (C=S) groups is 1. The van der Waals surface area contributed by atoms with Crippen molar-refractivity contribution < 1.29 is 9.53 Å². The van der Waals surface area contributed by atoms with E-state index >= 15 is 0 Å². The van der Waals surface area contributed by atoms with Gasteiger partial charge in [0.2, 0.25) is 5.91 Å². The molecule has 1 aliphatic rings. The van der Waals surface area contributed by atoms with Gasteiger partial charge in [-0.25, -0.2) is 0 Å². The van der Waals surface area contributed by atoms with Gasteiger partial charge >= 0.3 is 0 Å². The Morgan fingerprint density at radius 3 is 2.90 bits per heavy atom. The minimum absolute atomic E-state index is 0.0204. The van der Waals surface area contributed by atoms with E-state index in [2.05, 4.69) is 4.90 Å². The number of hydrogen-bond acceptors (Lipinski definition) is 4. The molecule has 1 amide bonds. The van der Waals surface area contributed by atoms with E-state index in [0.29, 0.717) is 11.6 Å². The van der Waals surface area contributed by atoms with Crippen LogP contribution in [0.1, 0.15) is 12.0 Å². The second-order valence-corrected chi connectivity index (χ2v) is 5.37. The van der Waals surface area contributed by atoms with Gasteiger partial charge in [-0.2, -0.15) is 0 Å². The number of rotatable bonds is 6. The monoisotopic (exact) mass is 293 g/mol. The van der Waals surface area contributed by atoms with E-state index in [1.165, 1.54) is 0 Å². The smallest absolute Gasteiger partial charge is 0.221 e. The first kappa shape index (κ1) is 14.7. The molecular weight excluding hydrogens is 274 g/mol. The summed E-state index contributed by atoms with van der Waals surface area (Å²) in [5, 5.41) is 0. The summed E-state index contributed by atoms with van der Waals surface area (Å²) in [7, 11) is 0. The number of carbonyl (C=O) groups is 1. The van der Waals surface area contributed by atoms with Crippen LogP contribution in [-0.2, 0) is 4.79 Å². The molecule has 1 aromatic carbocycles. The largest absolute Gasteiger partial charge is 0.492 e. The SMILES string of the molecule is NC(=O)C1CCN(CCOc2cccc(C(N)=S)c2)C1. The lowest BCUT2D eigenvalue weighted by Crippen LogP contribution is -2.30. The maximum absolute atomic E-state index is 11.1. The molecule has 1 aliphatic heterocycles. The second kappa shape index (κ2) is 6.67. The van der Waals surface area contributed by atoms with E-state index in [0.717, 1.165) is 37.4 Å². The van der Waals surface area contributed by atoms with Gasteiger partial charge < -0.3 is 16.2 Å². The van der Waals surface area contributed by atoms with E-state index in [1.807, 2.05) is 24.3 Å². The van der Waals surface area contributed by atoms with E-state index in [1.54, 1.807) is 0 Å². The Hall–Kier alpha value is -1.66. The van der Waals surface area contributed by atoms with Crippen LogP contribution >= 0.6 is 12.2 Å². The first-order valence-corrected chi connectivity index (χ1v) is 7.01. The molecule has 1 fully saturated rings. The Balaban J connectivity index is 1.78. The van der Waals surface area contributed by atoms with E-state index < -0.39 is 0 Å². The summed E-state index contributed by atoms with van der Waals surface area (Å²) in [5.74, 6) is 0.520. The van der Waals surface area contributed by atoms with Crippen molar-refractivity contribution in [2.45, 2.75) is 6.42 Å². The third-order valence-electron chi connectivity index (χ3n) is 3.47. The quantitative estimate of drug-likeness (QED) is 0.747. The molecule has 0 bridgehead atoms. The van der Waals surface area contributed by atoms with Crippen molar-refractivity contribution in [1.29, 1.82) is 0 Å². The summed E-state index contributed by atoms with van der Waals surface area (Å²) >= 11 is 4.93. The summed E-state index contributed by atoms with van der Waals surface area (Å²) < 4.78 is 5.68. The Morgan fingerprint density at radius 1 is 1.45 bits per heavy atom. The number of hydrogen-bond donors (Lipinski definition) is 2. The molecule has 0 saturated carbocycles. The third-order valence-corrected chi connectivity index (χ3v) is 3.71. The maximum atomic E-state index is 11.1. The molecule has 108 valence electrons. The van der Waals surface area contributed by atoms with E-state index in [-0.39, 0.29) is 11.8 Å². The Labute approximate surface area is 123 Å². The van der Waals surface area contributed by atoms with Gasteiger partial charge in [0, 0.05) is 18.7 Å². The van der Waals surface area contributed by atoms with Crippen LogP contribution in [0.25, 0.3) is 0 Å². The predicted octanol–water partition coefficient (Wildman–Crippen LogP) is 0.507. The van der Waals surface area contributed by atoms with Crippen molar-refractivity contribution in [3.05, 3.63) is 29.8 Å². The zero-order valence-corrected chi connectivity index (χ0v) is 12.1. The maximum Gasteiger partial charge on any atom is 0.221 e. The lowest BCUT2D eigenvalue weighted by Gasteiger charge is -2.16. The van der Waals surface area contributed by atoms with Crippen LogP contribution in [0.3, 0.4) is 0 Å². The first-order valence-electron chi connectivity index (χ1n) is 6.60. The fraction of sp³-hybridized carbons (Fsp3) is 0.429. The molecule has 20 heavy (non-hydrogen) atoms. The lowest BCUT2D eigenvalue weighted by atomic mass is 10.1. The molecule has 1 atom stereocenters. The average Bonchev–Trinajstić information content (AvgIpc) is 2.88. The van der Waals surface area contributed by atoms with Crippen LogP contribution in [0.2, 0.25) is 0 Å². The summed E-state index contributed by atoms with van der Waals surface area (Å²) in [6.45, 7) is 2.96. The molecule has 6 heteroatoms. The number of nitrogens with zero attached hydrogens (tertiary/aromatic N) is 1. The number of nitrogens with two attached hydrogens (primary N) is 2. The highest BCUT2D eigenvalue weighted by Gasteiger charge is 2.26. The number of primary amides is 1. The molecule has 2 rings (SSSR count). The average molecular weight is 293 g/mol. The molecule has 4 N–H and O–H groups in total. The Bertz CT molecular complexity index is 507. The van der Waals surface area contributed by atoms with Crippen molar-refractivity contribution in [2.75, 3.05) is 26.2 Å². The number of benzene rings is 1. The van der Waals surface area contributed by atoms with Gasteiger partial charge in [-0.05, 0) is 25.1 Å². The molecule has 0 aromatic heterocycles. The number of amides is 1. The molecule has 1 unspecified atom stereocenters. The minimum Gasteiger partial charge on any atom is -0.492 e. The normalized spacial score (nSPS) is 18.9. The van der Waals surface area contributed by atoms with Crippen molar-refractivity contribution in [2.24, 2.45) is 17.4 Å². The van der Waals surface area contributed by atoms with E-state index in [4.69, 9.17) is 28.4 Å². The summed E-state index contributed by atoms with van der Waals surface area (Å²) in [6.07, 6.45) is 0.840. The summed E-state index contributed by atoms with van der Waals surface area (Å²) in [5.41, 5.74) is 11.7. The zero-order chi connectivity index (χ0) is 14.5. The Kier molecular flexibility index (Phi) is 4.92. The van der Waals surface area contributed by atoms with Crippen molar-refractivity contribution >= 4 is 23.1 Å². The highest BCUT2D eigenvalue weighted by Crippen LogP contribution is 2.16. The van der Waals surface area contributed by atoms with Crippen LogP contribution in [0.4, 0.5) is 0 Å². The zero-order valence-electron chi connectivity index (χ0n) is 11.2. The molecular formula is C14H19N3O2S. The van der Waals surface area contributed by atoms with Gasteiger partial charge in [-0.15, -0.1) is 0 Å². The molecule has 0 radical (unpaired) electrons. The van der Waals surface area contributed by atoms with Gasteiger partial charge in [0.05, 0.1) is 5.92 Å². The third kappa shape index (κ3) is 3.91. The molecule has 1 heterocycles. The fourth-order valence-corrected chi connectivity index (χ4v) is 2.43. The number of carbonyl (C=O) groups excluding carboxylic acids is 1. The highest BCUT2D eigenvalue weighted by atomic mass is 32.1. The summed E-state index contributed by atoms with van der Waals surface area (Å²) in [4.78, 5) is 13.6. The van der Waals surface area contributed by atoms with Gasteiger partial charge in [0.25, 0.3) is 0 Å². The van der Waals surface area contributed by atoms with Crippen LogP contribution in [0, 0.1) is 5.92 Å². The van der Waals surface area contributed by atoms with E-state index in [9.17, 15) is 4.79 Å². The second-order valence-electron chi connectivity index (χ2n) is 4.93. The van der Waals surface area contributed by atoms with Crippen LogP contribution < -0.4 is 16.2 Å². The fourth-order valence-electron chi connectivity index (χ4n) is 2.30. The number of likely N-dealkylation sites (tertiary alicyclic amines) is 1. The number of ether oxygens (including phenoxy) is 1. The Morgan fingerprint density at radius 2 is 2.25 bits per heavy atom. The van der Waals surface area contributed by atoms with Crippen LogP contribution in [-0.4, -0.2) is 42.0 Å². The van der Waals surface area contributed by atoms with Crippen molar-refractivity contribution in [1.82, 2.24) is 4.90 Å². The van der Waals surface area contributed by atoms with Crippen LogP contribution in [0.15, 0.2) is 24.3 Å². The molecule has 1 aromatic rings. The van der Waals surface area contributed by atoms with Gasteiger partial charge in [0.1, 0.15) is 17.3 Å². The highest BCUT2D eigenvalue weighted by molar-refractivity contribution is 7.80. The van der Waals surface area contributed by atoms with Gasteiger partial charge in [-0.1, -0.05) is 24.4 Å². The molecule has 1 saturated heterocycles. The lowest BCUT2D eigenvalue weighted by molar-refractivity contribution is -0.121. The minimum atomic E-state index is -0.211. The summed E-state index contributed by atoms with van der Waals surface area (Å²) in [6, 6.07) is 7.42. The van der Waals surface area contributed by atoms with Gasteiger partial charge in [0.15, 0.2) is 0 Å². The first-order chi connectivity index (χ1) is 9.56. The van der Waals surface area contributed by atoms with Crippen molar-refractivity contribution in [3.8, 4) is 5.75 Å². The van der Waals surface area contributed by atoms with Crippen LogP contribution in [0.5, 0.6) is 5.75 Å². The molecule has 0 spiro atoms. The van der Waals surface area contributed by atoms with Gasteiger partial charge in [-0.3, -0.25) is 9.69 Å².